The number of esters is 1. The second-order valence-corrected chi connectivity index (χ2v) is 3.11. The highest BCUT2D eigenvalue weighted by atomic mass is 16.5. The lowest BCUT2D eigenvalue weighted by Gasteiger charge is -2.06. The summed E-state index contributed by atoms with van der Waals surface area (Å²) in [6, 6.07) is 0. The monoisotopic (exact) mass is 188 g/mol. The molecule has 0 aromatic rings. The van der Waals surface area contributed by atoms with Crippen LogP contribution in [0.25, 0.3) is 0 Å². The van der Waals surface area contributed by atoms with E-state index >= 15 is 0 Å². The second-order valence-electron chi connectivity index (χ2n) is 3.11. The van der Waals surface area contributed by atoms with Crippen LogP contribution in [-0.4, -0.2) is 23.8 Å². The first-order chi connectivity index (χ1) is 6.20. The zero-order valence-corrected chi connectivity index (χ0v) is 8.58. The van der Waals surface area contributed by atoms with Gasteiger partial charge in [0.25, 0.3) is 0 Å². The van der Waals surface area contributed by atoms with Crippen molar-refractivity contribution in [2.45, 2.75) is 52.1 Å². The van der Waals surface area contributed by atoms with E-state index in [0.717, 1.165) is 25.7 Å². The average Bonchev–Trinajstić information content (AvgIpc) is 2.12. The van der Waals surface area contributed by atoms with E-state index in [9.17, 15) is 9.90 Å². The van der Waals surface area contributed by atoms with E-state index in [1.54, 1.807) is 6.92 Å². The molecule has 78 valence electrons. The van der Waals surface area contributed by atoms with E-state index < -0.39 is 0 Å². The topological polar surface area (TPSA) is 46.5 Å². The zero-order valence-electron chi connectivity index (χ0n) is 8.58. The number of carbonyl (C=O) groups is 1. The molecule has 0 saturated carbocycles. The van der Waals surface area contributed by atoms with E-state index in [0.29, 0.717) is 13.0 Å². The summed E-state index contributed by atoms with van der Waals surface area (Å²) >= 11 is 0. The maximum Gasteiger partial charge on any atom is 0.305 e. The Morgan fingerprint density at radius 2 is 2.08 bits per heavy atom. The highest BCUT2D eigenvalue weighted by molar-refractivity contribution is 5.69. The fraction of sp³-hybridized carbons (Fsp3) is 0.900. The summed E-state index contributed by atoms with van der Waals surface area (Å²) < 4.78 is 4.77. The molecule has 0 heterocycles. The van der Waals surface area contributed by atoms with Crippen molar-refractivity contribution in [1.82, 2.24) is 0 Å². The third kappa shape index (κ3) is 7.78. The molecule has 0 saturated heterocycles. The summed E-state index contributed by atoms with van der Waals surface area (Å²) in [5, 5.41) is 9.21. The summed E-state index contributed by atoms with van der Waals surface area (Å²) in [5.41, 5.74) is 0. The molecule has 0 aromatic carbocycles. The zero-order chi connectivity index (χ0) is 10.1. The average molecular weight is 188 g/mol. The molecule has 0 amide bonds. The summed E-state index contributed by atoms with van der Waals surface area (Å²) in [6.07, 6.45) is 3.56. The predicted molar refractivity (Wildman–Crippen MR) is 51.4 cm³/mol. The molecule has 0 rings (SSSR count). The molecule has 0 spiro atoms. The molecule has 0 fully saturated rings. The molecule has 13 heavy (non-hydrogen) atoms. The minimum atomic E-state index is -0.206. The van der Waals surface area contributed by atoms with Crippen LogP contribution in [0.15, 0.2) is 0 Å². The van der Waals surface area contributed by atoms with Gasteiger partial charge in [-0.05, 0) is 26.2 Å². The van der Waals surface area contributed by atoms with Crippen LogP contribution in [0.3, 0.4) is 0 Å². The number of ether oxygens (including phenoxy) is 1. The van der Waals surface area contributed by atoms with Crippen molar-refractivity contribution in [1.29, 1.82) is 0 Å². The van der Waals surface area contributed by atoms with Crippen LogP contribution in [0.1, 0.15) is 46.0 Å². The van der Waals surface area contributed by atoms with E-state index in [-0.39, 0.29) is 12.1 Å². The molecule has 1 unspecified atom stereocenters. The quantitative estimate of drug-likeness (QED) is 0.490. The molecule has 0 aromatic heterocycles. The van der Waals surface area contributed by atoms with Gasteiger partial charge < -0.3 is 9.84 Å². The second kappa shape index (κ2) is 8.05. The van der Waals surface area contributed by atoms with Gasteiger partial charge in [-0.1, -0.05) is 13.3 Å². The van der Waals surface area contributed by atoms with Crippen LogP contribution in [-0.2, 0) is 9.53 Å². The van der Waals surface area contributed by atoms with Gasteiger partial charge in [-0.25, -0.2) is 0 Å². The predicted octanol–water partition coefficient (Wildman–Crippen LogP) is 1.88. The minimum Gasteiger partial charge on any atom is -0.466 e. The fourth-order valence-electron chi connectivity index (χ4n) is 1.09. The minimum absolute atomic E-state index is 0.131. The number of aliphatic hydroxyl groups excluding tert-OH is 1. The third-order valence-corrected chi connectivity index (χ3v) is 1.94. The summed E-state index contributed by atoms with van der Waals surface area (Å²) in [5.74, 6) is -0.131. The number of hydrogen-bond donors (Lipinski definition) is 1. The van der Waals surface area contributed by atoms with Crippen molar-refractivity contribution in [2.24, 2.45) is 0 Å². The van der Waals surface area contributed by atoms with Crippen molar-refractivity contribution in [3.8, 4) is 0 Å². The Morgan fingerprint density at radius 3 is 2.62 bits per heavy atom. The van der Waals surface area contributed by atoms with Crippen molar-refractivity contribution in [3.63, 3.8) is 0 Å². The Hall–Kier alpha value is -0.570. The molecule has 3 nitrogen and oxygen atoms in total. The number of aliphatic hydroxyl groups is 1. The normalized spacial score (nSPS) is 12.5. The third-order valence-electron chi connectivity index (χ3n) is 1.94. The molecule has 1 atom stereocenters. The van der Waals surface area contributed by atoms with Gasteiger partial charge in [0.05, 0.1) is 12.7 Å². The lowest BCUT2D eigenvalue weighted by atomic mass is 10.1. The van der Waals surface area contributed by atoms with Crippen LogP contribution in [0, 0.1) is 0 Å². The largest absolute Gasteiger partial charge is 0.466 e. The van der Waals surface area contributed by atoms with Gasteiger partial charge in [0, 0.05) is 6.42 Å². The standard InChI is InChI=1S/C10H20O3/c1-3-9(11)7-5-6-8-10(12)13-4-2/h9,11H,3-8H2,1-2H3. The van der Waals surface area contributed by atoms with Crippen molar-refractivity contribution < 1.29 is 14.6 Å². The molecule has 0 bridgehead atoms. The Labute approximate surface area is 80.1 Å². The van der Waals surface area contributed by atoms with Gasteiger partial charge in [-0.3, -0.25) is 4.79 Å². The Morgan fingerprint density at radius 1 is 1.38 bits per heavy atom. The van der Waals surface area contributed by atoms with Crippen molar-refractivity contribution >= 4 is 5.97 Å². The van der Waals surface area contributed by atoms with Crippen LogP contribution >= 0.6 is 0 Å². The number of carbonyl (C=O) groups excluding carboxylic acids is 1. The molecule has 0 aliphatic carbocycles. The molecule has 1 N–H and O–H groups in total. The van der Waals surface area contributed by atoms with Crippen molar-refractivity contribution in [3.05, 3.63) is 0 Å². The molecular weight excluding hydrogens is 168 g/mol. The number of unbranched alkanes of at least 4 members (excludes halogenated alkanes) is 1. The number of rotatable bonds is 7. The maximum atomic E-state index is 10.9. The van der Waals surface area contributed by atoms with Crippen LogP contribution in [0.4, 0.5) is 0 Å². The SMILES string of the molecule is CCOC(=O)CCCCC(O)CC. The molecule has 0 radical (unpaired) electrons. The van der Waals surface area contributed by atoms with Gasteiger partial charge in [-0.15, -0.1) is 0 Å². The summed E-state index contributed by atoms with van der Waals surface area (Å²) in [4.78, 5) is 10.9. The molecule has 0 aliphatic rings. The first kappa shape index (κ1) is 12.4. The lowest BCUT2D eigenvalue weighted by molar-refractivity contribution is -0.143. The lowest BCUT2D eigenvalue weighted by Crippen LogP contribution is -2.06. The Bertz CT molecular complexity index is 134. The van der Waals surface area contributed by atoms with Gasteiger partial charge in [-0.2, -0.15) is 0 Å². The summed E-state index contributed by atoms with van der Waals surface area (Å²) in [6.45, 7) is 4.21. The Kier molecular flexibility index (Phi) is 7.69. The highest BCUT2D eigenvalue weighted by Gasteiger charge is 2.03. The van der Waals surface area contributed by atoms with E-state index in [1.165, 1.54) is 0 Å². The van der Waals surface area contributed by atoms with Gasteiger partial charge >= 0.3 is 5.97 Å². The van der Waals surface area contributed by atoms with E-state index in [1.807, 2.05) is 6.92 Å². The van der Waals surface area contributed by atoms with Crippen LogP contribution < -0.4 is 0 Å². The maximum absolute atomic E-state index is 10.9. The van der Waals surface area contributed by atoms with E-state index in [4.69, 9.17) is 4.74 Å². The smallest absolute Gasteiger partial charge is 0.305 e. The van der Waals surface area contributed by atoms with E-state index in [2.05, 4.69) is 0 Å². The fourth-order valence-corrected chi connectivity index (χ4v) is 1.09. The van der Waals surface area contributed by atoms with Gasteiger partial charge in [0.2, 0.25) is 0 Å². The molecule has 0 aliphatic heterocycles. The number of hydrogen-bond acceptors (Lipinski definition) is 3. The van der Waals surface area contributed by atoms with Crippen LogP contribution in [0.5, 0.6) is 0 Å². The Balaban J connectivity index is 3.20. The van der Waals surface area contributed by atoms with Crippen molar-refractivity contribution in [2.75, 3.05) is 6.61 Å². The van der Waals surface area contributed by atoms with Gasteiger partial charge in [0.15, 0.2) is 0 Å². The first-order valence-electron chi connectivity index (χ1n) is 5.04. The first-order valence-corrected chi connectivity index (χ1v) is 5.04. The summed E-state index contributed by atoms with van der Waals surface area (Å²) in [7, 11) is 0. The molecule has 3 heteroatoms. The van der Waals surface area contributed by atoms with Crippen LogP contribution in [0.2, 0.25) is 0 Å². The molecular formula is C10H20O3. The van der Waals surface area contributed by atoms with Gasteiger partial charge in [0.1, 0.15) is 0 Å². The highest BCUT2D eigenvalue weighted by Crippen LogP contribution is 2.06.